The van der Waals surface area contributed by atoms with Crippen LogP contribution in [0.15, 0.2) is 0 Å². The largest absolute Gasteiger partial charge is 0.380 e. The second-order valence-corrected chi connectivity index (χ2v) is 4.93. The van der Waals surface area contributed by atoms with Gasteiger partial charge in [-0.1, -0.05) is 0 Å². The zero-order valence-corrected chi connectivity index (χ0v) is 14.4. The van der Waals surface area contributed by atoms with E-state index in [2.05, 4.69) is 0 Å². The first kappa shape index (κ1) is 22.8. The molecule has 0 fully saturated rings. The third-order valence-electron chi connectivity index (χ3n) is 3.05. The molecule has 0 radical (unpaired) electrons. The minimum Gasteiger partial charge on any atom is -0.380 e. The summed E-state index contributed by atoms with van der Waals surface area (Å²) in [6.07, 6.45) is 0.822. The molecule has 0 aromatic heterocycles. The van der Waals surface area contributed by atoms with Gasteiger partial charge in [0.05, 0.1) is 89.1 Å². The molecular weight excluding hydrogens is 324 g/mol. The van der Waals surface area contributed by atoms with E-state index in [-0.39, 0.29) is 51.8 Å². The molecule has 136 valence electrons. The molecule has 0 aromatic rings. The van der Waals surface area contributed by atoms with Crippen LogP contribution in [0.2, 0.25) is 0 Å². The van der Waals surface area contributed by atoms with E-state index < -0.39 is 6.10 Å². The molecule has 0 amide bonds. The molecular formula is C17H24N4O4. The van der Waals surface area contributed by atoms with Crippen molar-refractivity contribution in [1.82, 2.24) is 0 Å². The Hall–Kier alpha value is -2.20. The average Bonchev–Trinajstić information content (AvgIpc) is 2.62. The number of nitrogens with zero attached hydrogens (tertiary/aromatic N) is 4. The van der Waals surface area contributed by atoms with Crippen molar-refractivity contribution >= 4 is 0 Å². The summed E-state index contributed by atoms with van der Waals surface area (Å²) in [4.78, 5) is 0. The predicted octanol–water partition coefficient (Wildman–Crippen LogP) is 1.83. The second-order valence-electron chi connectivity index (χ2n) is 4.93. The summed E-state index contributed by atoms with van der Waals surface area (Å²) in [6, 6.07) is 8.02. The zero-order chi connectivity index (χ0) is 18.6. The summed E-state index contributed by atoms with van der Waals surface area (Å²) < 4.78 is 22.2. The van der Waals surface area contributed by atoms with E-state index in [1.165, 1.54) is 0 Å². The Labute approximate surface area is 149 Å². The quantitative estimate of drug-likeness (QED) is 0.386. The number of hydrogen-bond acceptors (Lipinski definition) is 8. The van der Waals surface area contributed by atoms with Crippen LogP contribution in [0.3, 0.4) is 0 Å². The fourth-order valence-corrected chi connectivity index (χ4v) is 1.89. The minimum absolute atomic E-state index is 0.225. The molecule has 0 aliphatic carbocycles. The lowest BCUT2D eigenvalue weighted by atomic mass is 10.1. The predicted molar refractivity (Wildman–Crippen MR) is 86.7 cm³/mol. The highest BCUT2D eigenvalue weighted by molar-refractivity contribution is 4.76. The molecule has 0 bridgehead atoms. The Morgan fingerprint density at radius 2 is 1.04 bits per heavy atom. The molecule has 0 heterocycles. The highest BCUT2D eigenvalue weighted by Gasteiger charge is 2.23. The Balaban J connectivity index is 4.57. The van der Waals surface area contributed by atoms with Crippen LogP contribution in [-0.2, 0) is 18.9 Å². The molecule has 0 spiro atoms. The lowest BCUT2D eigenvalue weighted by Crippen LogP contribution is -2.37. The lowest BCUT2D eigenvalue weighted by molar-refractivity contribution is -0.110. The van der Waals surface area contributed by atoms with Crippen LogP contribution in [0, 0.1) is 45.3 Å². The van der Waals surface area contributed by atoms with Crippen LogP contribution in [0.1, 0.15) is 32.1 Å². The van der Waals surface area contributed by atoms with Gasteiger partial charge in [-0.3, -0.25) is 0 Å². The zero-order valence-electron chi connectivity index (χ0n) is 14.4. The standard InChI is InChI=1S/C17H24N4O4/c18-6-1-10-22-14-5-16(24-12-3-8-20)17(25-13-4-9-21)15-23-11-2-7-19/h16-17H,1-5,10-15H2. The van der Waals surface area contributed by atoms with Crippen molar-refractivity contribution in [2.24, 2.45) is 0 Å². The Bertz CT molecular complexity index is 487. The highest BCUT2D eigenvalue weighted by atomic mass is 16.6. The third kappa shape index (κ3) is 13.9. The van der Waals surface area contributed by atoms with Crippen molar-refractivity contribution in [3.05, 3.63) is 0 Å². The normalized spacial score (nSPS) is 12.3. The van der Waals surface area contributed by atoms with Crippen LogP contribution in [0.5, 0.6) is 0 Å². The molecule has 0 aliphatic rings. The van der Waals surface area contributed by atoms with Gasteiger partial charge in [0, 0.05) is 6.61 Å². The Morgan fingerprint density at radius 1 is 0.560 bits per heavy atom. The van der Waals surface area contributed by atoms with Gasteiger partial charge in [0.15, 0.2) is 0 Å². The first-order valence-electron chi connectivity index (χ1n) is 8.16. The van der Waals surface area contributed by atoms with Crippen molar-refractivity contribution < 1.29 is 18.9 Å². The Morgan fingerprint density at radius 3 is 1.60 bits per heavy atom. The first-order valence-corrected chi connectivity index (χ1v) is 8.16. The summed E-state index contributed by atoms with van der Waals surface area (Å²) in [7, 11) is 0. The maximum absolute atomic E-state index is 8.66. The molecule has 8 heteroatoms. The van der Waals surface area contributed by atoms with E-state index in [4.69, 9.17) is 40.0 Å². The fourth-order valence-electron chi connectivity index (χ4n) is 1.89. The second kappa shape index (κ2) is 18.1. The summed E-state index contributed by atoms with van der Waals surface area (Å²) in [6.45, 7) is 1.75. The van der Waals surface area contributed by atoms with Crippen molar-refractivity contribution in [3.63, 3.8) is 0 Å². The van der Waals surface area contributed by atoms with E-state index in [1.807, 2.05) is 24.3 Å². The maximum Gasteiger partial charge on any atom is 0.107 e. The first-order chi connectivity index (χ1) is 12.3. The third-order valence-corrected chi connectivity index (χ3v) is 3.05. The van der Waals surface area contributed by atoms with Gasteiger partial charge in [0.2, 0.25) is 0 Å². The summed E-state index contributed by atoms with van der Waals surface area (Å²) in [5.41, 5.74) is 0. The van der Waals surface area contributed by atoms with Crippen molar-refractivity contribution in [3.8, 4) is 24.3 Å². The van der Waals surface area contributed by atoms with E-state index in [0.29, 0.717) is 26.1 Å². The van der Waals surface area contributed by atoms with E-state index in [1.54, 1.807) is 0 Å². The number of rotatable bonds is 16. The lowest BCUT2D eigenvalue weighted by Gasteiger charge is -2.27. The molecule has 0 rings (SSSR count). The molecule has 25 heavy (non-hydrogen) atoms. The monoisotopic (exact) mass is 348 g/mol. The molecule has 2 atom stereocenters. The highest BCUT2D eigenvalue weighted by Crippen LogP contribution is 2.12. The summed E-state index contributed by atoms with van der Waals surface area (Å²) >= 11 is 0. The topological polar surface area (TPSA) is 132 Å². The van der Waals surface area contributed by atoms with Gasteiger partial charge >= 0.3 is 0 Å². The van der Waals surface area contributed by atoms with Crippen molar-refractivity contribution in [2.45, 2.75) is 44.3 Å². The average molecular weight is 348 g/mol. The number of hydrogen-bond donors (Lipinski definition) is 0. The van der Waals surface area contributed by atoms with Gasteiger partial charge in [-0.2, -0.15) is 21.0 Å². The van der Waals surface area contributed by atoms with Gasteiger partial charge < -0.3 is 18.9 Å². The number of ether oxygens (including phenoxy) is 4. The molecule has 0 saturated carbocycles. The van der Waals surface area contributed by atoms with Crippen LogP contribution in [0.25, 0.3) is 0 Å². The van der Waals surface area contributed by atoms with E-state index >= 15 is 0 Å². The molecule has 0 aliphatic heterocycles. The minimum atomic E-state index is -0.426. The van der Waals surface area contributed by atoms with Gasteiger partial charge in [0.1, 0.15) is 6.10 Å². The summed E-state index contributed by atoms with van der Waals surface area (Å²) in [5, 5.41) is 34.4. The summed E-state index contributed by atoms with van der Waals surface area (Å²) in [5.74, 6) is 0. The molecule has 2 unspecified atom stereocenters. The van der Waals surface area contributed by atoms with Crippen LogP contribution in [-0.4, -0.2) is 51.8 Å². The van der Waals surface area contributed by atoms with Gasteiger partial charge in [-0.15, -0.1) is 0 Å². The van der Waals surface area contributed by atoms with Crippen LogP contribution in [0.4, 0.5) is 0 Å². The SMILES string of the molecule is N#CCCOCCC(OCCC#N)C(COCCC#N)OCCC#N. The van der Waals surface area contributed by atoms with Gasteiger partial charge in [-0.05, 0) is 6.42 Å². The van der Waals surface area contributed by atoms with E-state index in [9.17, 15) is 0 Å². The van der Waals surface area contributed by atoms with Crippen molar-refractivity contribution in [2.75, 3.05) is 39.6 Å². The maximum atomic E-state index is 8.66. The van der Waals surface area contributed by atoms with Crippen LogP contribution < -0.4 is 0 Å². The molecule has 0 N–H and O–H groups in total. The molecule has 8 nitrogen and oxygen atoms in total. The van der Waals surface area contributed by atoms with E-state index in [0.717, 1.165) is 0 Å². The van der Waals surface area contributed by atoms with Gasteiger partial charge in [-0.25, -0.2) is 0 Å². The van der Waals surface area contributed by atoms with Crippen molar-refractivity contribution in [1.29, 1.82) is 21.0 Å². The number of nitriles is 4. The Kier molecular flexibility index (Phi) is 16.5. The fraction of sp³-hybridized carbons (Fsp3) is 0.765. The van der Waals surface area contributed by atoms with Crippen LogP contribution >= 0.6 is 0 Å². The smallest absolute Gasteiger partial charge is 0.107 e. The molecule has 0 saturated heterocycles. The molecule has 0 aromatic carbocycles. The van der Waals surface area contributed by atoms with Gasteiger partial charge in [0.25, 0.3) is 0 Å².